The van der Waals surface area contributed by atoms with Crippen molar-refractivity contribution in [3.05, 3.63) is 59.2 Å². The molecule has 0 saturated heterocycles. The molecule has 0 heterocycles. The van der Waals surface area contributed by atoms with Crippen molar-refractivity contribution in [3.63, 3.8) is 0 Å². The first-order valence-corrected chi connectivity index (χ1v) is 7.24. The van der Waals surface area contributed by atoms with E-state index in [1.165, 1.54) is 27.8 Å². The molecule has 0 radical (unpaired) electrons. The van der Waals surface area contributed by atoms with Crippen LogP contribution in [0, 0.1) is 0 Å². The Morgan fingerprint density at radius 2 is 1.85 bits per heavy atom. The van der Waals surface area contributed by atoms with Gasteiger partial charge in [0.25, 0.3) is 0 Å². The van der Waals surface area contributed by atoms with Gasteiger partial charge in [0, 0.05) is 13.2 Å². The van der Waals surface area contributed by atoms with Crippen LogP contribution in [-0.4, -0.2) is 13.7 Å². The summed E-state index contributed by atoms with van der Waals surface area (Å²) in [5, 5.41) is 0. The van der Waals surface area contributed by atoms with Gasteiger partial charge in [0.1, 0.15) is 0 Å². The Morgan fingerprint density at radius 3 is 2.60 bits per heavy atom. The molecule has 0 fully saturated rings. The molecule has 104 valence electrons. The van der Waals surface area contributed by atoms with Gasteiger partial charge < -0.3 is 10.5 Å². The van der Waals surface area contributed by atoms with E-state index in [4.69, 9.17) is 10.5 Å². The summed E-state index contributed by atoms with van der Waals surface area (Å²) < 4.78 is 5.11. The van der Waals surface area contributed by atoms with E-state index in [0.29, 0.717) is 0 Å². The molecule has 2 nitrogen and oxygen atoms in total. The van der Waals surface area contributed by atoms with Gasteiger partial charge in [0.2, 0.25) is 0 Å². The molecule has 1 unspecified atom stereocenters. The van der Waals surface area contributed by atoms with Crippen LogP contribution in [0.1, 0.15) is 29.2 Å². The number of hydrogen-bond acceptors (Lipinski definition) is 2. The summed E-state index contributed by atoms with van der Waals surface area (Å²) in [6.07, 6.45) is 3.15. The van der Waals surface area contributed by atoms with Crippen molar-refractivity contribution in [2.24, 2.45) is 5.73 Å². The van der Waals surface area contributed by atoms with Gasteiger partial charge in [-0.1, -0.05) is 42.5 Å². The van der Waals surface area contributed by atoms with E-state index in [9.17, 15) is 0 Å². The fraction of sp³-hybridized carbons (Fsp3) is 0.333. The molecule has 1 atom stereocenters. The van der Waals surface area contributed by atoms with Crippen LogP contribution >= 0.6 is 0 Å². The lowest BCUT2D eigenvalue weighted by molar-refractivity contribution is 0.202. The molecule has 2 aromatic carbocycles. The van der Waals surface area contributed by atoms with E-state index in [1.807, 2.05) is 0 Å². The lowest BCUT2D eigenvalue weighted by Crippen LogP contribution is -2.04. The molecule has 0 bridgehead atoms. The van der Waals surface area contributed by atoms with Gasteiger partial charge in [-0.3, -0.25) is 0 Å². The largest absolute Gasteiger partial charge is 0.384 e. The second-order valence-corrected chi connectivity index (χ2v) is 5.50. The van der Waals surface area contributed by atoms with Crippen molar-refractivity contribution in [3.8, 4) is 11.1 Å². The fourth-order valence-corrected chi connectivity index (χ4v) is 2.91. The van der Waals surface area contributed by atoms with Crippen molar-refractivity contribution >= 4 is 0 Å². The van der Waals surface area contributed by atoms with Crippen molar-refractivity contribution < 1.29 is 4.74 Å². The molecule has 0 amide bonds. The quantitative estimate of drug-likeness (QED) is 0.920. The second-order valence-electron chi connectivity index (χ2n) is 5.50. The first-order chi connectivity index (χ1) is 9.78. The van der Waals surface area contributed by atoms with Crippen molar-refractivity contribution in [1.82, 2.24) is 0 Å². The molecule has 3 rings (SSSR count). The molecular formula is C18H21NO. The van der Waals surface area contributed by atoms with Gasteiger partial charge in [-0.05, 0) is 47.1 Å². The molecule has 2 aromatic rings. The van der Waals surface area contributed by atoms with Gasteiger partial charge in [-0.2, -0.15) is 0 Å². The van der Waals surface area contributed by atoms with Gasteiger partial charge in [0.05, 0.1) is 6.61 Å². The highest BCUT2D eigenvalue weighted by atomic mass is 16.5. The minimum Gasteiger partial charge on any atom is -0.384 e. The minimum atomic E-state index is 0.232. The molecule has 0 spiro atoms. The molecule has 0 aliphatic heterocycles. The molecule has 0 saturated carbocycles. The van der Waals surface area contributed by atoms with Gasteiger partial charge in [-0.15, -0.1) is 0 Å². The van der Waals surface area contributed by atoms with Crippen LogP contribution in [0.15, 0.2) is 42.5 Å². The summed E-state index contributed by atoms with van der Waals surface area (Å²) in [7, 11) is 1.74. The summed E-state index contributed by atoms with van der Waals surface area (Å²) in [5.41, 5.74) is 12.7. The summed E-state index contributed by atoms with van der Waals surface area (Å²) in [6, 6.07) is 15.7. The summed E-state index contributed by atoms with van der Waals surface area (Å²) in [6.45, 7) is 0.774. The highest BCUT2D eigenvalue weighted by molar-refractivity contribution is 5.65. The van der Waals surface area contributed by atoms with Crippen molar-refractivity contribution in [2.75, 3.05) is 13.7 Å². The Balaban J connectivity index is 1.82. The number of aryl methyl sites for hydroxylation is 1. The number of ether oxygens (including phenoxy) is 1. The van der Waals surface area contributed by atoms with Gasteiger partial charge in [0.15, 0.2) is 0 Å². The Morgan fingerprint density at radius 1 is 1.10 bits per heavy atom. The average molecular weight is 267 g/mol. The predicted octanol–water partition coefficient (Wildman–Crippen LogP) is 3.49. The lowest BCUT2D eigenvalue weighted by Gasteiger charge is -2.08. The number of benzene rings is 2. The lowest BCUT2D eigenvalue weighted by atomic mass is 9.98. The summed E-state index contributed by atoms with van der Waals surface area (Å²) in [4.78, 5) is 0. The number of methoxy groups -OCH3 is 1. The Kier molecular flexibility index (Phi) is 3.86. The molecular weight excluding hydrogens is 246 g/mol. The number of fused-ring (bicyclic) bond motifs is 1. The van der Waals surface area contributed by atoms with Crippen molar-refractivity contribution in [2.45, 2.75) is 25.3 Å². The highest BCUT2D eigenvalue weighted by Crippen LogP contribution is 2.32. The van der Waals surface area contributed by atoms with E-state index >= 15 is 0 Å². The Labute approximate surface area is 120 Å². The maximum Gasteiger partial charge on any atom is 0.0502 e. The predicted molar refractivity (Wildman–Crippen MR) is 82.7 cm³/mol. The number of rotatable bonds is 4. The number of hydrogen-bond donors (Lipinski definition) is 1. The fourth-order valence-electron chi connectivity index (χ4n) is 2.91. The summed E-state index contributed by atoms with van der Waals surface area (Å²) in [5.74, 6) is 0. The SMILES string of the molecule is COCCc1ccc(-c2ccc3c(c2)CCC3N)cc1. The maximum absolute atomic E-state index is 6.09. The van der Waals surface area contributed by atoms with E-state index in [-0.39, 0.29) is 6.04 Å². The van der Waals surface area contributed by atoms with Crippen molar-refractivity contribution in [1.29, 1.82) is 0 Å². The molecule has 20 heavy (non-hydrogen) atoms. The summed E-state index contributed by atoms with van der Waals surface area (Å²) >= 11 is 0. The van der Waals surface area contributed by atoms with Crippen LogP contribution in [0.3, 0.4) is 0 Å². The first kappa shape index (κ1) is 13.3. The zero-order chi connectivity index (χ0) is 13.9. The minimum absolute atomic E-state index is 0.232. The monoisotopic (exact) mass is 267 g/mol. The third-order valence-electron chi connectivity index (χ3n) is 4.15. The normalized spacial score (nSPS) is 17.2. The topological polar surface area (TPSA) is 35.2 Å². The highest BCUT2D eigenvalue weighted by Gasteiger charge is 2.18. The molecule has 1 aliphatic rings. The van der Waals surface area contributed by atoms with Crippen LogP contribution in [0.4, 0.5) is 0 Å². The molecule has 2 heteroatoms. The number of nitrogens with two attached hydrogens (primary N) is 1. The average Bonchev–Trinajstić information content (AvgIpc) is 2.86. The molecule has 1 aliphatic carbocycles. The smallest absolute Gasteiger partial charge is 0.0502 e. The van der Waals surface area contributed by atoms with Crippen LogP contribution in [0.2, 0.25) is 0 Å². The van der Waals surface area contributed by atoms with E-state index in [1.54, 1.807) is 7.11 Å². The van der Waals surface area contributed by atoms with E-state index < -0.39 is 0 Å². The van der Waals surface area contributed by atoms with Gasteiger partial charge in [-0.25, -0.2) is 0 Å². The third-order valence-corrected chi connectivity index (χ3v) is 4.15. The Bertz CT molecular complexity index is 589. The standard InChI is InChI=1S/C18H21NO/c1-20-11-10-13-2-4-14(5-3-13)15-6-8-17-16(12-15)7-9-18(17)19/h2-6,8,12,18H,7,9-11,19H2,1H3. The van der Waals surface area contributed by atoms with Crippen LogP contribution in [0.25, 0.3) is 11.1 Å². The van der Waals surface area contributed by atoms with E-state index in [2.05, 4.69) is 42.5 Å². The van der Waals surface area contributed by atoms with Crippen LogP contribution in [-0.2, 0) is 17.6 Å². The third kappa shape index (κ3) is 2.62. The van der Waals surface area contributed by atoms with E-state index in [0.717, 1.165) is 25.9 Å². The molecule has 0 aromatic heterocycles. The van der Waals surface area contributed by atoms with Gasteiger partial charge >= 0.3 is 0 Å². The molecule has 2 N–H and O–H groups in total. The van der Waals surface area contributed by atoms with Crippen LogP contribution in [0.5, 0.6) is 0 Å². The maximum atomic E-state index is 6.09. The first-order valence-electron chi connectivity index (χ1n) is 7.24. The zero-order valence-corrected chi connectivity index (χ0v) is 11.9. The Hall–Kier alpha value is -1.64. The zero-order valence-electron chi connectivity index (χ0n) is 11.9. The second kappa shape index (κ2) is 5.78. The van der Waals surface area contributed by atoms with Crippen LogP contribution < -0.4 is 5.73 Å².